The molecule has 1 aliphatic rings. The van der Waals surface area contributed by atoms with Crippen molar-refractivity contribution in [1.82, 2.24) is 10.2 Å². The number of piperidine rings is 1. The molecule has 1 aromatic rings. The average molecular weight is 331 g/mol. The van der Waals surface area contributed by atoms with Crippen LogP contribution in [0, 0.1) is 5.92 Å². The Hall–Kier alpha value is -0.390. The third-order valence-electron chi connectivity index (χ3n) is 3.54. The van der Waals surface area contributed by atoms with Gasteiger partial charge in [0.25, 0.3) is 5.91 Å². The van der Waals surface area contributed by atoms with Gasteiger partial charge in [-0.3, -0.25) is 4.79 Å². The van der Waals surface area contributed by atoms with Gasteiger partial charge in [0.2, 0.25) is 0 Å². The quantitative estimate of drug-likeness (QED) is 0.920. The molecule has 0 radical (unpaired) electrons. The first-order valence-electron chi connectivity index (χ1n) is 6.43. The van der Waals surface area contributed by atoms with Gasteiger partial charge in [-0.05, 0) is 60.4 Å². The van der Waals surface area contributed by atoms with Gasteiger partial charge in [-0.1, -0.05) is 6.92 Å². The molecule has 18 heavy (non-hydrogen) atoms. The highest BCUT2D eigenvalue weighted by molar-refractivity contribution is 9.11. The van der Waals surface area contributed by atoms with E-state index in [0.29, 0.717) is 5.92 Å². The number of nitrogens with zero attached hydrogens (tertiary/aromatic N) is 1. The highest BCUT2D eigenvalue weighted by atomic mass is 79.9. The number of thiophene rings is 1. The number of halogens is 1. The Balaban J connectivity index is 1.74. The third kappa shape index (κ3) is 3.80. The minimum atomic E-state index is 0.0508. The van der Waals surface area contributed by atoms with Crippen LogP contribution in [0.3, 0.4) is 0 Å². The van der Waals surface area contributed by atoms with E-state index in [-0.39, 0.29) is 5.91 Å². The predicted molar refractivity (Wildman–Crippen MR) is 79.2 cm³/mol. The molecule has 0 aromatic carbocycles. The van der Waals surface area contributed by atoms with Crippen molar-refractivity contribution in [3.8, 4) is 0 Å². The Bertz CT molecular complexity index is 399. The van der Waals surface area contributed by atoms with Crippen molar-refractivity contribution < 1.29 is 4.79 Å². The lowest BCUT2D eigenvalue weighted by atomic mass is 9.97. The van der Waals surface area contributed by atoms with E-state index in [9.17, 15) is 4.79 Å². The maximum atomic E-state index is 11.9. The van der Waals surface area contributed by atoms with Crippen LogP contribution in [0.2, 0.25) is 0 Å². The first kappa shape index (κ1) is 14.0. The summed E-state index contributed by atoms with van der Waals surface area (Å²) in [5.41, 5.74) is 0.762. The zero-order chi connectivity index (χ0) is 13.0. The summed E-state index contributed by atoms with van der Waals surface area (Å²) in [4.78, 5) is 14.4. The van der Waals surface area contributed by atoms with Gasteiger partial charge in [-0.25, -0.2) is 0 Å². The van der Waals surface area contributed by atoms with Crippen LogP contribution >= 0.6 is 27.3 Å². The molecule has 1 N–H and O–H groups in total. The molecule has 0 saturated carbocycles. The van der Waals surface area contributed by atoms with Crippen molar-refractivity contribution in [3.63, 3.8) is 0 Å². The number of likely N-dealkylation sites (tertiary alicyclic amines) is 1. The van der Waals surface area contributed by atoms with Gasteiger partial charge < -0.3 is 10.2 Å². The van der Waals surface area contributed by atoms with Crippen LogP contribution in [0.5, 0.6) is 0 Å². The lowest BCUT2D eigenvalue weighted by Crippen LogP contribution is -2.38. The fraction of sp³-hybridized carbons (Fsp3) is 0.615. The summed E-state index contributed by atoms with van der Waals surface area (Å²) in [6, 6.07) is 1.87. The maximum Gasteiger partial charge on any atom is 0.252 e. The molecule has 0 spiro atoms. The molecule has 0 bridgehead atoms. The SMILES string of the molecule is CCN1CCC(CNC(=O)c2csc(Br)c2)CC1. The van der Waals surface area contributed by atoms with Crippen LogP contribution in [0.4, 0.5) is 0 Å². The van der Waals surface area contributed by atoms with E-state index in [1.54, 1.807) is 11.3 Å². The van der Waals surface area contributed by atoms with Gasteiger partial charge in [0.05, 0.1) is 9.35 Å². The Morgan fingerprint density at radius 1 is 1.56 bits per heavy atom. The van der Waals surface area contributed by atoms with Crippen molar-refractivity contribution >= 4 is 33.2 Å². The van der Waals surface area contributed by atoms with Crippen LogP contribution < -0.4 is 5.32 Å². The van der Waals surface area contributed by atoms with Crippen molar-refractivity contribution in [2.75, 3.05) is 26.2 Å². The van der Waals surface area contributed by atoms with Gasteiger partial charge >= 0.3 is 0 Å². The Morgan fingerprint density at radius 2 is 2.28 bits per heavy atom. The standard InChI is InChI=1S/C13H19BrN2OS/c1-2-16-5-3-10(4-6-16)8-15-13(17)11-7-12(14)18-9-11/h7,9-10H,2-6,8H2,1H3,(H,15,17). The van der Waals surface area contributed by atoms with Crippen LogP contribution in [0.25, 0.3) is 0 Å². The Labute approximate surface area is 121 Å². The molecule has 0 aliphatic carbocycles. The second-order valence-electron chi connectivity index (χ2n) is 4.73. The number of amides is 1. The number of nitrogens with one attached hydrogen (secondary N) is 1. The Kier molecular flexibility index (Phi) is 5.21. The van der Waals surface area contributed by atoms with Gasteiger partial charge in [-0.2, -0.15) is 0 Å². The minimum absolute atomic E-state index is 0.0508. The number of hydrogen-bond donors (Lipinski definition) is 1. The molecule has 0 atom stereocenters. The topological polar surface area (TPSA) is 32.3 Å². The zero-order valence-electron chi connectivity index (χ0n) is 10.6. The van der Waals surface area contributed by atoms with E-state index in [1.807, 2.05) is 11.4 Å². The zero-order valence-corrected chi connectivity index (χ0v) is 13.0. The molecule has 100 valence electrons. The maximum absolute atomic E-state index is 11.9. The monoisotopic (exact) mass is 330 g/mol. The van der Waals surface area contributed by atoms with Crippen molar-refractivity contribution in [2.24, 2.45) is 5.92 Å². The number of carbonyl (C=O) groups is 1. The lowest BCUT2D eigenvalue weighted by Gasteiger charge is -2.30. The third-order valence-corrected chi connectivity index (χ3v) is 5.04. The molecule has 0 unspecified atom stereocenters. The van der Waals surface area contributed by atoms with E-state index < -0.39 is 0 Å². The molecule has 2 rings (SSSR count). The van der Waals surface area contributed by atoms with Gasteiger partial charge in [-0.15, -0.1) is 11.3 Å². The van der Waals surface area contributed by atoms with E-state index in [2.05, 4.69) is 33.1 Å². The predicted octanol–water partition coefficient (Wildman–Crippen LogP) is 2.97. The van der Waals surface area contributed by atoms with Crippen LogP contribution in [0.1, 0.15) is 30.1 Å². The summed E-state index contributed by atoms with van der Waals surface area (Å²) in [6.45, 7) is 6.49. The molecule has 1 amide bonds. The highest BCUT2D eigenvalue weighted by Crippen LogP contribution is 2.21. The van der Waals surface area contributed by atoms with E-state index in [1.165, 1.54) is 25.9 Å². The molecule has 1 saturated heterocycles. The first-order valence-corrected chi connectivity index (χ1v) is 8.11. The molecule has 1 aromatic heterocycles. The van der Waals surface area contributed by atoms with E-state index >= 15 is 0 Å². The molecule has 1 aliphatic heterocycles. The normalized spacial score (nSPS) is 17.9. The molecular formula is C13H19BrN2OS. The largest absolute Gasteiger partial charge is 0.352 e. The number of rotatable bonds is 4. The minimum Gasteiger partial charge on any atom is -0.352 e. The van der Waals surface area contributed by atoms with Gasteiger partial charge in [0, 0.05) is 11.9 Å². The highest BCUT2D eigenvalue weighted by Gasteiger charge is 2.18. The van der Waals surface area contributed by atoms with Crippen molar-refractivity contribution in [2.45, 2.75) is 19.8 Å². The van der Waals surface area contributed by atoms with Crippen LogP contribution in [-0.4, -0.2) is 37.0 Å². The molecule has 3 nitrogen and oxygen atoms in total. The second-order valence-corrected chi connectivity index (χ2v) is 7.02. The lowest BCUT2D eigenvalue weighted by molar-refractivity contribution is 0.0937. The summed E-state index contributed by atoms with van der Waals surface area (Å²) >= 11 is 4.92. The fourth-order valence-corrected chi connectivity index (χ4v) is 3.41. The smallest absolute Gasteiger partial charge is 0.252 e. The summed E-state index contributed by atoms with van der Waals surface area (Å²) in [5, 5.41) is 4.93. The molecule has 2 heterocycles. The molecule has 5 heteroatoms. The van der Waals surface area contributed by atoms with Crippen molar-refractivity contribution in [3.05, 3.63) is 20.8 Å². The van der Waals surface area contributed by atoms with Gasteiger partial charge in [0.1, 0.15) is 0 Å². The molecule has 1 fully saturated rings. The van der Waals surface area contributed by atoms with E-state index in [4.69, 9.17) is 0 Å². The Morgan fingerprint density at radius 3 is 2.83 bits per heavy atom. The summed E-state index contributed by atoms with van der Waals surface area (Å²) in [5.74, 6) is 0.689. The number of hydrogen-bond acceptors (Lipinski definition) is 3. The van der Waals surface area contributed by atoms with Crippen molar-refractivity contribution in [1.29, 1.82) is 0 Å². The first-order chi connectivity index (χ1) is 8.69. The van der Waals surface area contributed by atoms with E-state index in [0.717, 1.165) is 22.4 Å². The van der Waals surface area contributed by atoms with Crippen LogP contribution in [-0.2, 0) is 0 Å². The van der Waals surface area contributed by atoms with Gasteiger partial charge in [0.15, 0.2) is 0 Å². The summed E-state index contributed by atoms with van der Waals surface area (Å²) in [6.07, 6.45) is 2.39. The average Bonchev–Trinajstić information content (AvgIpc) is 2.83. The summed E-state index contributed by atoms with van der Waals surface area (Å²) < 4.78 is 1.00. The van der Waals surface area contributed by atoms with Crippen LogP contribution in [0.15, 0.2) is 15.2 Å². The summed E-state index contributed by atoms with van der Waals surface area (Å²) in [7, 11) is 0. The molecular weight excluding hydrogens is 312 g/mol. The second kappa shape index (κ2) is 6.68. The fourth-order valence-electron chi connectivity index (χ4n) is 2.28. The number of carbonyl (C=O) groups excluding carboxylic acids is 1.